The normalized spacial score (nSPS) is 33.9. The summed E-state index contributed by atoms with van der Waals surface area (Å²) in [5.41, 5.74) is 0. The fourth-order valence-corrected chi connectivity index (χ4v) is 2.70. The van der Waals surface area contributed by atoms with Crippen molar-refractivity contribution in [2.75, 3.05) is 7.11 Å². The lowest BCUT2D eigenvalue weighted by atomic mass is 9.94. The molecule has 2 heterocycles. The Morgan fingerprint density at radius 3 is 2.75 bits per heavy atom. The number of ether oxygens (including phenoxy) is 1. The Hall–Kier alpha value is -1.39. The first-order valence-corrected chi connectivity index (χ1v) is 5.45. The molecule has 3 unspecified atom stereocenters. The highest BCUT2D eigenvalue weighted by Gasteiger charge is 2.48. The number of hydrogen-bond donors (Lipinski definition) is 0. The zero-order valence-electron chi connectivity index (χ0n) is 9.43. The lowest BCUT2D eigenvalue weighted by molar-refractivity contribution is -0.155. The molecule has 2 aliphatic heterocycles. The van der Waals surface area contributed by atoms with Gasteiger partial charge < -0.3 is 9.64 Å². The minimum Gasteiger partial charge on any atom is -0.467 e. The monoisotopic (exact) mass is 225 g/mol. The topological polar surface area (TPSA) is 63.7 Å². The average molecular weight is 225 g/mol. The third-order valence-electron chi connectivity index (χ3n) is 3.49. The maximum Gasteiger partial charge on any atom is 0.328 e. The van der Waals surface area contributed by atoms with Crippen LogP contribution in [0.3, 0.4) is 0 Å². The molecule has 0 aromatic heterocycles. The Labute approximate surface area is 93.7 Å². The summed E-state index contributed by atoms with van der Waals surface area (Å²) in [5.74, 6) is -0.459. The van der Waals surface area contributed by atoms with Gasteiger partial charge in [-0.2, -0.15) is 0 Å². The molecular formula is C11H15NO4. The van der Waals surface area contributed by atoms with Gasteiger partial charge in [0.05, 0.1) is 13.5 Å². The molecule has 0 radical (unpaired) electrons. The minimum atomic E-state index is -0.495. The molecule has 5 heteroatoms. The van der Waals surface area contributed by atoms with Gasteiger partial charge in [-0.25, -0.2) is 4.79 Å². The van der Waals surface area contributed by atoms with Crippen LogP contribution in [-0.4, -0.2) is 41.8 Å². The smallest absolute Gasteiger partial charge is 0.328 e. The molecule has 2 saturated heterocycles. The van der Waals surface area contributed by atoms with Crippen molar-refractivity contribution in [2.24, 2.45) is 5.92 Å². The van der Waals surface area contributed by atoms with Crippen LogP contribution in [0.15, 0.2) is 0 Å². The van der Waals surface area contributed by atoms with Crippen molar-refractivity contribution in [1.82, 2.24) is 4.90 Å². The molecular weight excluding hydrogens is 210 g/mol. The second-order valence-electron chi connectivity index (χ2n) is 4.54. The standard InChI is InChI=1S/C11H15NO4/c1-6-3-9(11(15)16-2)12-8(6)4-7(13)5-10(12)14/h6,8-9H,3-5H2,1-2H3. The van der Waals surface area contributed by atoms with E-state index in [0.29, 0.717) is 12.8 Å². The number of carbonyl (C=O) groups excluding carboxylic acids is 3. The first-order valence-electron chi connectivity index (χ1n) is 5.45. The van der Waals surface area contributed by atoms with E-state index in [1.807, 2.05) is 6.92 Å². The fourth-order valence-electron chi connectivity index (χ4n) is 2.70. The van der Waals surface area contributed by atoms with Crippen LogP contribution >= 0.6 is 0 Å². The highest BCUT2D eigenvalue weighted by atomic mass is 16.5. The van der Waals surface area contributed by atoms with Crippen LogP contribution in [0, 0.1) is 5.92 Å². The lowest BCUT2D eigenvalue weighted by Gasteiger charge is -2.33. The van der Waals surface area contributed by atoms with Crippen LogP contribution in [0.5, 0.6) is 0 Å². The van der Waals surface area contributed by atoms with Crippen molar-refractivity contribution in [3.8, 4) is 0 Å². The summed E-state index contributed by atoms with van der Waals surface area (Å²) < 4.78 is 4.69. The van der Waals surface area contributed by atoms with Gasteiger partial charge in [0, 0.05) is 12.5 Å². The second-order valence-corrected chi connectivity index (χ2v) is 4.54. The molecule has 3 atom stereocenters. The molecule has 1 amide bonds. The van der Waals surface area contributed by atoms with Gasteiger partial charge in [0.1, 0.15) is 11.8 Å². The summed E-state index contributed by atoms with van der Waals surface area (Å²) >= 11 is 0. The molecule has 0 bridgehead atoms. The number of esters is 1. The van der Waals surface area contributed by atoms with E-state index >= 15 is 0 Å². The number of Topliss-reactive ketones (excluding diaryl/α,β-unsaturated/α-hetero) is 1. The number of nitrogens with zero attached hydrogens (tertiary/aromatic N) is 1. The van der Waals surface area contributed by atoms with Gasteiger partial charge in [-0.3, -0.25) is 9.59 Å². The maximum atomic E-state index is 11.8. The third kappa shape index (κ3) is 1.60. The highest BCUT2D eigenvalue weighted by Crippen LogP contribution is 2.35. The van der Waals surface area contributed by atoms with E-state index in [1.165, 1.54) is 7.11 Å². The summed E-state index contributed by atoms with van der Waals surface area (Å²) in [6.45, 7) is 1.96. The first kappa shape index (κ1) is 11.1. The lowest BCUT2D eigenvalue weighted by Crippen LogP contribution is -2.50. The Kier molecular flexibility index (Phi) is 2.69. The maximum absolute atomic E-state index is 11.8. The Morgan fingerprint density at radius 1 is 1.44 bits per heavy atom. The number of piperidine rings is 1. The summed E-state index contributed by atoms with van der Waals surface area (Å²) in [6, 6.07) is -0.608. The van der Waals surface area contributed by atoms with Crippen molar-refractivity contribution in [2.45, 2.75) is 38.3 Å². The fraction of sp³-hybridized carbons (Fsp3) is 0.727. The van der Waals surface area contributed by atoms with Crippen molar-refractivity contribution in [3.63, 3.8) is 0 Å². The van der Waals surface area contributed by atoms with E-state index in [9.17, 15) is 14.4 Å². The SMILES string of the molecule is COC(=O)C1CC(C)C2CC(=O)CC(=O)N12. The van der Waals surface area contributed by atoms with Crippen molar-refractivity contribution in [1.29, 1.82) is 0 Å². The number of carbonyl (C=O) groups is 3. The van der Waals surface area contributed by atoms with Crippen molar-refractivity contribution in [3.05, 3.63) is 0 Å². The third-order valence-corrected chi connectivity index (χ3v) is 3.49. The molecule has 0 spiro atoms. The van der Waals surface area contributed by atoms with Crippen LogP contribution < -0.4 is 0 Å². The molecule has 0 saturated carbocycles. The number of rotatable bonds is 1. The predicted octanol–water partition coefficient (Wildman–Crippen LogP) is 0.128. The van der Waals surface area contributed by atoms with Gasteiger partial charge >= 0.3 is 5.97 Å². The summed E-state index contributed by atoms with van der Waals surface area (Å²) in [4.78, 5) is 36.2. The summed E-state index contributed by atoms with van der Waals surface area (Å²) in [7, 11) is 1.32. The highest BCUT2D eigenvalue weighted by molar-refractivity contribution is 6.02. The van der Waals surface area contributed by atoms with E-state index in [0.717, 1.165) is 0 Å². The number of amides is 1. The van der Waals surface area contributed by atoms with Gasteiger partial charge in [-0.1, -0.05) is 6.92 Å². The number of methoxy groups -OCH3 is 1. The van der Waals surface area contributed by atoms with Crippen LogP contribution in [0.1, 0.15) is 26.2 Å². The zero-order valence-corrected chi connectivity index (χ0v) is 9.43. The molecule has 2 rings (SSSR count). The molecule has 88 valence electrons. The van der Waals surface area contributed by atoms with Crippen molar-refractivity contribution < 1.29 is 19.1 Å². The quantitative estimate of drug-likeness (QED) is 0.470. The van der Waals surface area contributed by atoms with Gasteiger partial charge in [0.25, 0.3) is 0 Å². The van der Waals surface area contributed by atoms with E-state index in [4.69, 9.17) is 0 Å². The van der Waals surface area contributed by atoms with E-state index in [-0.39, 0.29) is 36.0 Å². The largest absolute Gasteiger partial charge is 0.467 e. The molecule has 0 N–H and O–H groups in total. The molecule has 0 aromatic carbocycles. The Balaban J connectivity index is 2.25. The Bertz CT molecular complexity index is 352. The van der Waals surface area contributed by atoms with E-state index < -0.39 is 6.04 Å². The molecule has 0 aromatic rings. The van der Waals surface area contributed by atoms with Crippen LogP contribution in [0.2, 0.25) is 0 Å². The molecule has 2 aliphatic rings. The second kappa shape index (κ2) is 3.88. The molecule has 16 heavy (non-hydrogen) atoms. The van der Waals surface area contributed by atoms with Gasteiger partial charge in [0.15, 0.2) is 0 Å². The van der Waals surface area contributed by atoms with Gasteiger partial charge in [0.2, 0.25) is 5.91 Å². The van der Waals surface area contributed by atoms with Crippen molar-refractivity contribution >= 4 is 17.7 Å². The van der Waals surface area contributed by atoms with Gasteiger partial charge in [-0.05, 0) is 12.3 Å². The molecule has 0 aliphatic carbocycles. The summed E-state index contributed by atoms with van der Waals surface area (Å²) in [5, 5.41) is 0. The number of hydrogen-bond acceptors (Lipinski definition) is 4. The zero-order chi connectivity index (χ0) is 11.9. The van der Waals surface area contributed by atoms with Crippen LogP contribution in [0.25, 0.3) is 0 Å². The van der Waals surface area contributed by atoms with E-state index in [2.05, 4.69) is 4.74 Å². The van der Waals surface area contributed by atoms with Gasteiger partial charge in [-0.15, -0.1) is 0 Å². The molecule has 2 fully saturated rings. The number of ketones is 1. The molecule has 5 nitrogen and oxygen atoms in total. The Morgan fingerprint density at radius 2 is 2.12 bits per heavy atom. The van der Waals surface area contributed by atoms with E-state index in [1.54, 1.807) is 4.90 Å². The minimum absolute atomic E-state index is 0.0244. The summed E-state index contributed by atoms with van der Waals surface area (Å²) in [6.07, 6.45) is 0.896. The number of fused-ring (bicyclic) bond motifs is 1. The first-order chi connectivity index (χ1) is 7.54. The van der Waals surface area contributed by atoms with Crippen LogP contribution in [0.4, 0.5) is 0 Å². The average Bonchev–Trinajstić information content (AvgIpc) is 2.55. The predicted molar refractivity (Wildman–Crippen MR) is 54.5 cm³/mol. The van der Waals surface area contributed by atoms with Crippen LogP contribution in [-0.2, 0) is 19.1 Å².